The number of fused-ring (bicyclic) bond motifs is 1. The maximum absolute atomic E-state index is 6.56. The highest BCUT2D eigenvalue weighted by Crippen LogP contribution is 2.38. The number of nitrogens with two attached hydrogens (primary N) is 1. The van der Waals surface area contributed by atoms with E-state index in [4.69, 9.17) is 10.5 Å². The molecule has 0 amide bonds. The highest BCUT2D eigenvalue weighted by Gasteiger charge is 2.38. The number of rotatable bonds is 2. The second-order valence-electron chi connectivity index (χ2n) is 6.46. The van der Waals surface area contributed by atoms with Gasteiger partial charge in [-0.1, -0.05) is 13.0 Å². The molecule has 1 aliphatic carbocycles. The van der Waals surface area contributed by atoms with Gasteiger partial charge in [-0.25, -0.2) is 0 Å². The molecule has 2 aliphatic rings. The van der Waals surface area contributed by atoms with Gasteiger partial charge in [0.25, 0.3) is 0 Å². The minimum atomic E-state index is 0.118. The fourth-order valence-electron chi connectivity index (χ4n) is 3.91. The third-order valence-corrected chi connectivity index (χ3v) is 5.40. The van der Waals surface area contributed by atoms with Crippen LogP contribution in [0.25, 0.3) is 0 Å². The molecule has 1 fully saturated rings. The van der Waals surface area contributed by atoms with Crippen molar-refractivity contribution in [3.05, 3.63) is 29.3 Å². The van der Waals surface area contributed by atoms with Crippen LogP contribution in [0.1, 0.15) is 43.9 Å². The van der Waals surface area contributed by atoms with Gasteiger partial charge in [-0.3, -0.25) is 4.90 Å². The van der Waals surface area contributed by atoms with Gasteiger partial charge < -0.3 is 10.5 Å². The first kappa shape index (κ1) is 13.9. The van der Waals surface area contributed by atoms with Gasteiger partial charge in [0.1, 0.15) is 5.75 Å². The number of nitrogens with zero attached hydrogens (tertiary/aromatic N) is 1. The van der Waals surface area contributed by atoms with Crippen molar-refractivity contribution >= 4 is 0 Å². The summed E-state index contributed by atoms with van der Waals surface area (Å²) in [6.45, 7) is 5.92. The Bertz CT molecular complexity index is 488. The lowest BCUT2D eigenvalue weighted by Crippen LogP contribution is -2.51. The van der Waals surface area contributed by atoms with Gasteiger partial charge in [0, 0.05) is 18.1 Å². The summed E-state index contributed by atoms with van der Waals surface area (Å²) in [7, 11) is 1.72. The Morgan fingerprint density at radius 2 is 2.10 bits per heavy atom. The molecule has 1 aromatic rings. The molecular formula is C17H26N2O. The van der Waals surface area contributed by atoms with Gasteiger partial charge in [0.2, 0.25) is 0 Å². The fraction of sp³-hybridized carbons (Fsp3) is 0.647. The van der Waals surface area contributed by atoms with Crippen molar-refractivity contribution in [2.45, 2.75) is 51.2 Å². The van der Waals surface area contributed by atoms with Crippen LogP contribution >= 0.6 is 0 Å². The van der Waals surface area contributed by atoms with Crippen molar-refractivity contribution in [3.8, 4) is 5.75 Å². The molecule has 0 bridgehead atoms. The second kappa shape index (κ2) is 5.38. The van der Waals surface area contributed by atoms with E-state index in [-0.39, 0.29) is 6.04 Å². The molecule has 20 heavy (non-hydrogen) atoms. The molecule has 3 heteroatoms. The van der Waals surface area contributed by atoms with Gasteiger partial charge in [-0.2, -0.15) is 0 Å². The van der Waals surface area contributed by atoms with Crippen LogP contribution < -0.4 is 10.5 Å². The molecule has 4 atom stereocenters. The van der Waals surface area contributed by atoms with E-state index in [1.54, 1.807) is 7.11 Å². The van der Waals surface area contributed by atoms with Crippen LogP contribution in [-0.4, -0.2) is 30.6 Å². The van der Waals surface area contributed by atoms with E-state index in [1.807, 2.05) is 0 Å². The Kier molecular flexibility index (Phi) is 3.74. The number of methoxy groups -OCH3 is 1. The largest absolute Gasteiger partial charge is 0.497 e. The lowest BCUT2D eigenvalue weighted by atomic mass is 9.89. The van der Waals surface area contributed by atoms with Crippen LogP contribution in [0.2, 0.25) is 0 Å². The summed E-state index contributed by atoms with van der Waals surface area (Å²) in [5.41, 5.74) is 9.23. The summed E-state index contributed by atoms with van der Waals surface area (Å²) in [5, 5.41) is 0. The van der Waals surface area contributed by atoms with E-state index < -0.39 is 0 Å². The highest BCUT2D eigenvalue weighted by atomic mass is 16.5. The normalized spacial score (nSPS) is 34.0. The highest BCUT2D eigenvalue weighted by molar-refractivity contribution is 5.42. The van der Waals surface area contributed by atoms with Crippen molar-refractivity contribution in [2.75, 3.05) is 13.7 Å². The quantitative estimate of drug-likeness (QED) is 0.901. The predicted molar refractivity (Wildman–Crippen MR) is 82.0 cm³/mol. The maximum atomic E-state index is 6.56. The Morgan fingerprint density at radius 3 is 2.85 bits per heavy atom. The molecule has 0 radical (unpaired) electrons. The van der Waals surface area contributed by atoms with Gasteiger partial charge in [-0.15, -0.1) is 0 Å². The first-order chi connectivity index (χ1) is 9.61. The number of benzene rings is 1. The lowest BCUT2D eigenvalue weighted by Gasteiger charge is -2.43. The Balaban J connectivity index is 1.84. The summed E-state index contributed by atoms with van der Waals surface area (Å²) in [5.74, 6) is 1.69. The third kappa shape index (κ3) is 2.23. The lowest BCUT2D eigenvalue weighted by molar-refractivity contribution is 0.0612. The topological polar surface area (TPSA) is 38.5 Å². The average molecular weight is 274 g/mol. The summed E-state index contributed by atoms with van der Waals surface area (Å²) in [6, 6.07) is 7.57. The molecule has 1 aromatic carbocycles. The smallest absolute Gasteiger partial charge is 0.119 e. The standard InChI is InChI=1S/C17H26N2O/c1-11-5-4-8-19(12(11)2)16-9-13-6-7-14(20-3)10-15(13)17(16)18/h6-7,10-12,16-17H,4-5,8-9,18H2,1-3H3. The molecule has 3 rings (SSSR count). The SMILES string of the molecule is COc1ccc2c(c1)C(N)C(N1CCCC(C)C1C)C2. The predicted octanol–water partition coefficient (Wildman–Crippen LogP) is 2.74. The van der Waals surface area contributed by atoms with E-state index in [1.165, 1.54) is 30.5 Å². The summed E-state index contributed by atoms with van der Waals surface area (Å²) >= 11 is 0. The minimum absolute atomic E-state index is 0.118. The van der Waals surface area contributed by atoms with Crippen molar-refractivity contribution in [1.82, 2.24) is 4.90 Å². The van der Waals surface area contributed by atoms with E-state index >= 15 is 0 Å². The van der Waals surface area contributed by atoms with Crippen molar-refractivity contribution in [1.29, 1.82) is 0 Å². The first-order valence-corrected chi connectivity index (χ1v) is 7.80. The van der Waals surface area contributed by atoms with Gasteiger partial charge in [0.05, 0.1) is 7.11 Å². The van der Waals surface area contributed by atoms with E-state index in [0.29, 0.717) is 12.1 Å². The van der Waals surface area contributed by atoms with Crippen molar-refractivity contribution in [2.24, 2.45) is 11.7 Å². The molecule has 0 aromatic heterocycles. The van der Waals surface area contributed by atoms with Gasteiger partial charge in [0.15, 0.2) is 0 Å². The van der Waals surface area contributed by atoms with Crippen molar-refractivity contribution in [3.63, 3.8) is 0 Å². The average Bonchev–Trinajstić information content (AvgIpc) is 2.78. The Morgan fingerprint density at radius 1 is 1.30 bits per heavy atom. The van der Waals surface area contributed by atoms with Crippen LogP contribution in [0.3, 0.4) is 0 Å². The maximum Gasteiger partial charge on any atom is 0.119 e. The zero-order chi connectivity index (χ0) is 14.3. The molecular weight excluding hydrogens is 248 g/mol. The van der Waals surface area contributed by atoms with Crippen LogP contribution in [0.5, 0.6) is 5.75 Å². The van der Waals surface area contributed by atoms with Gasteiger partial charge >= 0.3 is 0 Å². The molecule has 0 spiro atoms. The number of ether oxygens (including phenoxy) is 1. The van der Waals surface area contributed by atoms with Crippen LogP contribution in [0, 0.1) is 5.92 Å². The second-order valence-corrected chi connectivity index (χ2v) is 6.46. The summed E-state index contributed by atoms with van der Waals surface area (Å²) in [4.78, 5) is 2.64. The first-order valence-electron chi connectivity index (χ1n) is 7.80. The van der Waals surface area contributed by atoms with E-state index in [9.17, 15) is 0 Å². The molecule has 110 valence electrons. The fourth-order valence-corrected chi connectivity index (χ4v) is 3.91. The molecule has 3 nitrogen and oxygen atoms in total. The van der Waals surface area contributed by atoms with Crippen LogP contribution in [-0.2, 0) is 6.42 Å². The number of piperidine rings is 1. The zero-order valence-electron chi connectivity index (χ0n) is 12.8. The van der Waals surface area contributed by atoms with Crippen LogP contribution in [0.4, 0.5) is 0 Å². The number of hydrogen-bond donors (Lipinski definition) is 1. The van der Waals surface area contributed by atoms with Crippen LogP contribution in [0.15, 0.2) is 18.2 Å². The zero-order valence-corrected chi connectivity index (χ0v) is 12.8. The number of hydrogen-bond acceptors (Lipinski definition) is 3. The molecule has 1 saturated heterocycles. The molecule has 0 saturated carbocycles. The Hall–Kier alpha value is -1.06. The van der Waals surface area contributed by atoms with E-state index in [2.05, 4.69) is 36.9 Å². The van der Waals surface area contributed by atoms with Gasteiger partial charge in [-0.05, 0) is 61.9 Å². The molecule has 1 heterocycles. The van der Waals surface area contributed by atoms with Crippen molar-refractivity contribution < 1.29 is 4.74 Å². The molecule has 4 unspecified atom stereocenters. The Labute approximate surface area is 122 Å². The van der Waals surface area contributed by atoms with E-state index in [0.717, 1.165) is 18.1 Å². The molecule has 2 N–H and O–H groups in total. The monoisotopic (exact) mass is 274 g/mol. The summed E-state index contributed by atoms with van der Waals surface area (Å²) < 4.78 is 5.34. The minimum Gasteiger partial charge on any atom is -0.497 e. The number of likely N-dealkylation sites (tertiary alicyclic amines) is 1. The molecule has 1 aliphatic heterocycles. The summed E-state index contributed by atoms with van der Waals surface area (Å²) in [6.07, 6.45) is 3.73. The third-order valence-electron chi connectivity index (χ3n) is 5.40.